The fourth-order valence-electron chi connectivity index (χ4n) is 2.24. The van der Waals surface area contributed by atoms with Crippen LogP contribution in [-0.4, -0.2) is 32.4 Å². The van der Waals surface area contributed by atoms with Gasteiger partial charge < -0.3 is 5.32 Å². The zero-order valence-electron chi connectivity index (χ0n) is 11.1. The highest BCUT2D eigenvalue weighted by Gasteiger charge is 2.27. The van der Waals surface area contributed by atoms with Crippen molar-refractivity contribution >= 4 is 15.7 Å². The maximum atomic E-state index is 11.8. The molecule has 1 aliphatic heterocycles. The maximum absolute atomic E-state index is 11.8. The Hall–Kier alpha value is -1.36. The molecule has 1 atom stereocenters. The van der Waals surface area contributed by atoms with Crippen LogP contribution >= 0.6 is 0 Å². The lowest BCUT2D eigenvalue weighted by Gasteiger charge is -2.09. The number of aryl methyl sites for hydroxylation is 1. The van der Waals surface area contributed by atoms with Crippen molar-refractivity contribution in [2.45, 2.75) is 19.8 Å². The summed E-state index contributed by atoms with van der Waals surface area (Å²) < 4.78 is 22.6. The van der Waals surface area contributed by atoms with Gasteiger partial charge >= 0.3 is 0 Å². The summed E-state index contributed by atoms with van der Waals surface area (Å²) in [6.07, 6.45) is 1.01. The number of sulfone groups is 1. The molecular weight excluding hydrogens is 262 g/mol. The quantitative estimate of drug-likeness (QED) is 0.898. The molecule has 2 rings (SSSR count). The molecule has 1 amide bonds. The van der Waals surface area contributed by atoms with Crippen molar-refractivity contribution < 1.29 is 13.2 Å². The first-order valence-corrected chi connectivity index (χ1v) is 8.29. The normalized spacial score (nSPS) is 21.2. The molecule has 1 N–H and O–H groups in total. The molecule has 1 saturated heterocycles. The highest BCUT2D eigenvalue weighted by molar-refractivity contribution is 7.91. The van der Waals surface area contributed by atoms with Gasteiger partial charge in [0.25, 0.3) is 0 Å². The predicted octanol–water partition coefficient (Wildman–Crippen LogP) is 1.09. The number of benzene rings is 1. The van der Waals surface area contributed by atoms with Crippen LogP contribution in [-0.2, 0) is 21.1 Å². The first-order chi connectivity index (χ1) is 8.94. The monoisotopic (exact) mass is 281 g/mol. The molecule has 0 saturated carbocycles. The highest BCUT2D eigenvalue weighted by atomic mass is 32.2. The van der Waals surface area contributed by atoms with Gasteiger partial charge in [0.05, 0.1) is 17.9 Å². The van der Waals surface area contributed by atoms with Gasteiger partial charge in [0, 0.05) is 6.54 Å². The zero-order valence-corrected chi connectivity index (χ0v) is 11.9. The van der Waals surface area contributed by atoms with Gasteiger partial charge in [-0.25, -0.2) is 8.42 Å². The molecular formula is C14H19NO3S. The zero-order chi connectivity index (χ0) is 13.9. The molecule has 1 aromatic rings. The van der Waals surface area contributed by atoms with E-state index in [2.05, 4.69) is 5.32 Å². The summed E-state index contributed by atoms with van der Waals surface area (Å²) in [5, 5.41) is 2.82. The van der Waals surface area contributed by atoms with E-state index in [1.807, 2.05) is 31.2 Å². The van der Waals surface area contributed by atoms with E-state index in [1.54, 1.807) is 0 Å². The number of hydrogen-bond acceptors (Lipinski definition) is 3. The first-order valence-electron chi connectivity index (χ1n) is 6.47. The van der Waals surface area contributed by atoms with Crippen LogP contribution in [0.25, 0.3) is 0 Å². The Kier molecular flexibility index (Phi) is 4.24. The van der Waals surface area contributed by atoms with Crippen molar-refractivity contribution in [1.82, 2.24) is 5.32 Å². The van der Waals surface area contributed by atoms with Gasteiger partial charge in [0.1, 0.15) is 0 Å². The summed E-state index contributed by atoms with van der Waals surface area (Å²) in [6, 6.07) is 7.84. The summed E-state index contributed by atoms with van der Waals surface area (Å²) in [7, 11) is -2.86. The molecule has 0 spiro atoms. The molecule has 104 valence electrons. The second-order valence-corrected chi connectivity index (χ2v) is 7.46. The van der Waals surface area contributed by atoms with Gasteiger partial charge in [-0.15, -0.1) is 0 Å². The third-order valence-electron chi connectivity index (χ3n) is 3.40. The molecule has 0 aliphatic carbocycles. The largest absolute Gasteiger partial charge is 0.356 e. The third-order valence-corrected chi connectivity index (χ3v) is 5.24. The summed E-state index contributed by atoms with van der Waals surface area (Å²) >= 11 is 0. The molecule has 1 aromatic carbocycles. The smallest absolute Gasteiger partial charge is 0.224 e. The van der Waals surface area contributed by atoms with Crippen LogP contribution in [0.5, 0.6) is 0 Å². The van der Waals surface area contributed by atoms with Crippen LogP contribution in [0, 0.1) is 12.8 Å². The number of amides is 1. The van der Waals surface area contributed by atoms with Crippen LogP contribution < -0.4 is 5.32 Å². The Bertz CT molecular complexity index is 549. The average molecular weight is 281 g/mol. The number of carbonyl (C=O) groups excluding carboxylic acids is 1. The lowest BCUT2D eigenvalue weighted by Crippen LogP contribution is -2.30. The lowest BCUT2D eigenvalue weighted by atomic mass is 10.1. The fraction of sp³-hybridized carbons (Fsp3) is 0.500. The van der Waals surface area contributed by atoms with Crippen molar-refractivity contribution in [2.75, 3.05) is 18.1 Å². The minimum absolute atomic E-state index is 0.0480. The standard InChI is InChI=1S/C14H19NO3S/c1-11-2-4-12(5-3-11)8-14(16)15-9-13-6-7-19(17,18)10-13/h2-5,13H,6-10H2,1H3,(H,15,16). The lowest BCUT2D eigenvalue weighted by molar-refractivity contribution is -0.120. The molecule has 1 aliphatic rings. The fourth-order valence-corrected chi connectivity index (χ4v) is 4.11. The minimum Gasteiger partial charge on any atom is -0.356 e. The van der Waals surface area contributed by atoms with E-state index in [9.17, 15) is 13.2 Å². The second-order valence-electron chi connectivity index (χ2n) is 5.24. The number of rotatable bonds is 4. The summed E-state index contributed by atoms with van der Waals surface area (Å²) in [4.78, 5) is 11.8. The molecule has 1 fully saturated rings. The van der Waals surface area contributed by atoms with Crippen LogP contribution in [0.3, 0.4) is 0 Å². The van der Waals surface area contributed by atoms with E-state index >= 15 is 0 Å². The minimum atomic E-state index is -2.86. The maximum Gasteiger partial charge on any atom is 0.224 e. The molecule has 19 heavy (non-hydrogen) atoms. The van der Waals surface area contributed by atoms with Crippen LogP contribution in [0.1, 0.15) is 17.5 Å². The molecule has 0 radical (unpaired) electrons. The molecule has 0 aromatic heterocycles. The van der Waals surface area contributed by atoms with Crippen molar-refractivity contribution in [1.29, 1.82) is 0 Å². The Morgan fingerprint density at radius 1 is 1.32 bits per heavy atom. The molecule has 1 heterocycles. The van der Waals surface area contributed by atoms with E-state index < -0.39 is 9.84 Å². The van der Waals surface area contributed by atoms with Crippen LogP contribution in [0.4, 0.5) is 0 Å². The molecule has 1 unspecified atom stereocenters. The van der Waals surface area contributed by atoms with Gasteiger partial charge in [-0.1, -0.05) is 29.8 Å². The second kappa shape index (κ2) is 5.74. The summed E-state index contributed by atoms with van der Waals surface area (Å²) in [5.74, 6) is 0.490. The van der Waals surface area contributed by atoms with Crippen molar-refractivity contribution in [3.8, 4) is 0 Å². The Morgan fingerprint density at radius 2 is 2.00 bits per heavy atom. The van der Waals surface area contributed by atoms with Crippen LogP contribution in [0.15, 0.2) is 24.3 Å². The van der Waals surface area contributed by atoms with Gasteiger partial charge in [0.2, 0.25) is 5.91 Å². The predicted molar refractivity (Wildman–Crippen MR) is 74.7 cm³/mol. The van der Waals surface area contributed by atoms with E-state index in [1.165, 1.54) is 5.56 Å². The van der Waals surface area contributed by atoms with E-state index in [4.69, 9.17) is 0 Å². The van der Waals surface area contributed by atoms with Gasteiger partial charge in [-0.3, -0.25) is 4.79 Å². The number of nitrogens with one attached hydrogen (secondary N) is 1. The molecule has 0 bridgehead atoms. The van der Waals surface area contributed by atoms with Crippen molar-refractivity contribution in [2.24, 2.45) is 5.92 Å². The number of hydrogen-bond donors (Lipinski definition) is 1. The highest BCUT2D eigenvalue weighted by Crippen LogP contribution is 2.17. The Morgan fingerprint density at radius 3 is 2.58 bits per heavy atom. The molecule has 5 heteroatoms. The van der Waals surface area contributed by atoms with E-state index in [0.717, 1.165) is 5.56 Å². The topological polar surface area (TPSA) is 63.2 Å². The van der Waals surface area contributed by atoms with Gasteiger partial charge in [-0.2, -0.15) is 0 Å². The van der Waals surface area contributed by atoms with Gasteiger partial charge in [0.15, 0.2) is 9.84 Å². The van der Waals surface area contributed by atoms with Crippen molar-refractivity contribution in [3.05, 3.63) is 35.4 Å². The third kappa shape index (κ3) is 4.35. The van der Waals surface area contributed by atoms with E-state index in [0.29, 0.717) is 19.4 Å². The summed E-state index contributed by atoms with van der Waals surface area (Å²) in [5.41, 5.74) is 2.14. The SMILES string of the molecule is Cc1ccc(CC(=O)NCC2CCS(=O)(=O)C2)cc1. The summed E-state index contributed by atoms with van der Waals surface area (Å²) in [6.45, 7) is 2.47. The molecule has 4 nitrogen and oxygen atoms in total. The van der Waals surface area contributed by atoms with Gasteiger partial charge in [-0.05, 0) is 24.8 Å². The average Bonchev–Trinajstić information content (AvgIpc) is 2.69. The van der Waals surface area contributed by atoms with Crippen molar-refractivity contribution in [3.63, 3.8) is 0 Å². The van der Waals surface area contributed by atoms with E-state index in [-0.39, 0.29) is 23.3 Å². The van der Waals surface area contributed by atoms with Crippen LogP contribution in [0.2, 0.25) is 0 Å². The number of carbonyl (C=O) groups is 1. The Balaban J connectivity index is 1.78. The first kappa shape index (κ1) is 14.1. The Labute approximate surface area is 114 Å².